The average Bonchev–Trinajstić information content (AvgIpc) is 3.21. The van der Waals surface area contributed by atoms with Gasteiger partial charge < -0.3 is 14.2 Å². The summed E-state index contributed by atoms with van der Waals surface area (Å²) in [6.45, 7) is 6.51. The van der Waals surface area contributed by atoms with Crippen LogP contribution in [0.2, 0.25) is 0 Å². The lowest BCUT2D eigenvalue weighted by atomic mass is 10.0. The summed E-state index contributed by atoms with van der Waals surface area (Å²) in [4.78, 5) is 38.6. The molecule has 1 aliphatic heterocycles. The van der Waals surface area contributed by atoms with Crippen LogP contribution in [0.3, 0.4) is 0 Å². The van der Waals surface area contributed by atoms with Crippen molar-refractivity contribution in [3.63, 3.8) is 0 Å². The predicted octanol–water partition coefficient (Wildman–Crippen LogP) is 3.27. The van der Waals surface area contributed by atoms with E-state index in [4.69, 9.17) is 4.74 Å². The van der Waals surface area contributed by atoms with Gasteiger partial charge in [-0.25, -0.2) is 9.18 Å². The summed E-state index contributed by atoms with van der Waals surface area (Å²) in [5.74, 6) is -1.92. The molecule has 2 heterocycles. The molecule has 3 amide bonds. The molecular weight excluding hydrogens is 403 g/mol. The topological polar surface area (TPSA) is 92.7 Å². The summed E-state index contributed by atoms with van der Waals surface area (Å²) in [6, 6.07) is 8.93. The van der Waals surface area contributed by atoms with Gasteiger partial charge in [0, 0.05) is 25.3 Å². The second kappa shape index (κ2) is 9.20. The summed E-state index contributed by atoms with van der Waals surface area (Å²) in [5.41, 5.74) is 4.23. The molecule has 3 rings (SSSR count). The van der Waals surface area contributed by atoms with Crippen molar-refractivity contribution in [2.75, 3.05) is 13.1 Å². The highest BCUT2D eigenvalue weighted by atomic mass is 19.1. The molecule has 1 aromatic heterocycles. The molecule has 0 bridgehead atoms. The van der Waals surface area contributed by atoms with Crippen LogP contribution in [0.15, 0.2) is 42.6 Å². The largest absolute Gasteiger partial charge is 0.444 e. The van der Waals surface area contributed by atoms with E-state index in [0.717, 1.165) is 0 Å². The number of amides is 3. The number of likely N-dealkylation sites (tertiary alicyclic amines) is 1. The Bertz CT molecular complexity index is 958. The maximum absolute atomic E-state index is 13.7. The molecule has 1 aromatic carbocycles. The number of piperidine rings is 1. The molecule has 8 nitrogen and oxygen atoms in total. The highest BCUT2D eigenvalue weighted by Crippen LogP contribution is 2.25. The standard InChI is InChI=1S/C22H27FN4O4/c1-22(2,3)31-21(30)26-13-10-15(11-14-26)27-12-6-9-18(27)20(29)25-24-19(28)16-7-4-5-8-17(16)23/h4-9,12,15H,10-11,13-14H2,1-3H3,(H,24,28)(H,25,29). The second-order valence-corrected chi connectivity index (χ2v) is 8.39. The first-order chi connectivity index (χ1) is 14.7. The molecule has 31 heavy (non-hydrogen) atoms. The van der Waals surface area contributed by atoms with Crippen LogP contribution in [0.4, 0.5) is 9.18 Å². The molecule has 0 unspecified atom stereocenters. The van der Waals surface area contributed by atoms with Gasteiger partial charge in [-0.15, -0.1) is 0 Å². The Labute approximate surface area is 180 Å². The minimum Gasteiger partial charge on any atom is -0.444 e. The van der Waals surface area contributed by atoms with Gasteiger partial charge in [0.2, 0.25) is 0 Å². The minimum absolute atomic E-state index is 0.0247. The van der Waals surface area contributed by atoms with Gasteiger partial charge in [-0.1, -0.05) is 12.1 Å². The molecular formula is C22H27FN4O4. The number of hydrogen-bond donors (Lipinski definition) is 2. The Morgan fingerprint density at radius 1 is 1.00 bits per heavy atom. The summed E-state index contributed by atoms with van der Waals surface area (Å²) in [6.07, 6.45) is 2.78. The molecule has 0 atom stereocenters. The Balaban J connectivity index is 1.57. The summed E-state index contributed by atoms with van der Waals surface area (Å²) < 4.78 is 21.0. The van der Waals surface area contributed by atoms with Crippen molar-refractivity contribution in [2.45, 2.75) is 45.3 Å². The first-order valence-electron chi connectivity index (χ1n) is 10.2. The number of carbonyl (C=O) groups is 3. The van der Waals surface area contributed by atoms with Gasteiger partial charge in [0.15, 0.2) is 0 Å². The van der Waals surface area contributed by atoms with E-state index in [2.05, 4.69) is 10.9 Å². The normalized spacial score (nSPS) is 14.8. The van der Waals surface area contributed by atoms with Gasteiger partial charge in [-0.3, -0.25) is 20.4 Å². The Morgan fingerprint density at radius 2 is 1.65 bits per heavy atom. The highest BCUT2D eigenvalue weighted by Gasteiger charge is 2.28. The zero-order valence-electron chi connectivity index (χ0n) is 17.9. The third-order valence-corrected chi connectivity index (χ3v) is 4.93. The van der Waals surface area contributed by atoms with Crippen LogP contribution in [0.5, 0.6) is 0 Å². The van der Waals surface area contributed by atoms with Crippen molar-refractivity contribution < 1.29 is 23.5 Å². The van der Waals surface area contributed by atoms with Gasteiger partial charge >= 0.3 is 6.09 Å². The van der Waals surface area contributed by atoms with Crippen molar-refractivity contribution >= 4 is 17.9 Å². The maximum atomic E-state index is 13.7. The Kier molecular flexibility index (Phi) is 6.62. The van der Waals surface area contributed by atoms with E-state index in [9.17, 15) is 18.8 Å². The summed E-state index contributed by atoms with van der Waals surface area (Å²) >= 11 is 0. The fourth-order valence-electron chi connectivity index (χ4n) is 3.45. The van der Waals surface area contributed by atoms with Crippen LogP contribution >= 0.6 is 0 Å². The number of ether oxygens (including phenoxy) is 1. The van der Waals surface area contributed by atoms with Crippen LogP contribution < -0.4 is 10.9 Å². The quantitative estimate of drug-likeness (QED) is 0.731. The van der Waals surface area contributed by atoms with Gasteiger partial charge in [0.05, 0.1) is 5.56 Å². The minimum atomic E-state index is -0.741. The van der Waals surface area contributed by atoms with E-state index in [0.29, 0.717) is 31.6 Å². The van der Waals surface area contributed by atoms with Crippen LogP contribution in [0.1, 0.15) is 60.5 Å². The van der Waals surface area contributed by atoms with E-state index in [1.165, 1.54) is 24.3 Å². The molecule has 0 spiro atoms. The highest BCUT2D eigenvalue weighted by molar-refractivity contribution is 5.98. The number of nitrogens with zero attached hydrogens (tertiary/aromatic N) is 2. The van der Waals surface area contributed by atoms with Gasteiger partial charge in [-0.2, -0.15) is 0 Å². The zero-order valence-corrected chi connectivity index (χ0v) is 17.9. The molecule has 0 radical (unpaired) electrons. The molecule has 9 heteroatoms. The number of benzene rings is 1. The molecule has 0 aliphatic carbocycles. The molecule has 2 aromatic rings. The number of hydrazine groups is 1. The number of carbonyl (C=O) groups excluding carboxylic acids is 3. The fourth-order valence-corrected chi connectivity index (χ4v) is 3.45. The second-order valence-electron chi connectivity index (χ2n) is 8.39. The molecule has 1 saturated heterocycles. The Morgan fingerprint density at radius 3 is 2.29 bits per heavy atom. The van der Waals surface area contributed by atoms with Crippen molar-refractivity contribution in [1.82, 2.24) is 20.3 Å². The molecule has 2 N–H and O–H groups in total. The lowest BCUT2D eigenvalue weighted by Crippen LogP contribution is -2.44. The van der Waals surface area contributed by atoms with E-state index < -0.39 is 23.2 Å². The van der Waals surface area contributed by atoms with Crippen LogP contribution in [0, 0.1) is 5.82 Å². The molecule has 1 fully saturated rings. The van der Waals surface area contributed by atoms with Crippen molar-refractivity contribution in [3.05, 3.63) is 59.7 Å². The molecule has 0 saturated carbocycles. The number of hydrogen-bond acceptors (Lipinski definition) is 4. The SMILES string of the molecule is CC(C)(C)OC(=O)N1CCC(n2cccc2C(=O)NNC(=O)c2ccccc2F)CC1. The number of halogens is 1. The number of rotatable bonds is 3. The lowest BCUT2D eigenvalue weighted by Gasteiger charge is -2.34. The smallest absolute Gasteiger partial charge is 0.410 e. The molecule has 1 aliphatic rings. The van der Waals surface area contributed by atoms with Crippen molar-refractivity contribution in [3.8, 4) is 0 Å². The van der Waals surface area contributed by atoms with E-state index in [-0.39, 0.29) is 17.7 Å². The monoisotopic (exact) mass is 430 g/mol. The first kappa shape index (κ1) is 22.3. The van der Waals surface area contributed by atoms with Crippen LogP contribution in [-0.2, 0) is 4.74 Å². The number of aromatic nitrogens is 1. The van der Waals surface area contributed by atoms with Crippen molar-refractivity contribution in [2.24, 2.45) is 0 Å². The number of nitrogens with one attached hydrogen (secondary N) is 2. The predicted molar refractivity (Wildman–Crippen MR) is 112 cm³/mol. The maximum Gasteiger partial charge on any atom is 0.410 e. The lowest BCUT2D eigenvalue weighted by molar-refractivity contribution is 0.0187. The van der Waals surface area contributed by atoms with E-state index >= 15 is 0 Å². The average molecular weight is 430 g/mol. The van der Waals surface area contributed by atoms with Crippen LogP contribution in [0.25, 0.3) is 0 Å². The van der Waals surface area contributed by atoms with Gasteiger partial charge in [-0.05, 0) is 57.9 Å². The van der Waals surface area contributed by atoms with E-state index in [1.54, 1.807) is 23.2 Å². The first-order valence-corrected chi connectivity index (χ1v) is 10.2. The van der Waals surface area contributed by atoms with Gasteiger partial charge in [0.1, 0.15) is 17.1 Å². The van der Waals surface area contributed by atoms with Crippen molar-refractivity contribution in [1.29, 1.82) is 0 Å². The van der Waals surface area contributed by atoms with Gasteiger partial charge in [0.25, 0.3) is 11.8 Å². The third-order valence-electron chi connectivity index (χ3n) is 4.93. The summed E-state index contributed by atoms with van der Waals surface area (Å²) in [5, 5.41) is 0. The third kappa shape index (κ3) is 5.62. The molecule has 166 valence electrons. The Hall–Kier alpha value is -3.36. The van der Waals surface area contributed by atoms with E-state index in [1.807, 2.05) is 25.3 Å². The fraction of sp³-hybridized carbons (Fsp3) is 0.409. The summed E-state index contributed by atoms with van der Waals surface area (Å²) in [7, 11) is 0. The van der Waals surface area contributed by atoms with Crippen LogP contribution in [-0.4, -0.2) is 46.1 Å². The zero-order chi connectivity index (χ0) is 22.6.